The van der Waals surface area contributed by atoms with E-state index in [1.165, 1.54) is 19.1 Å². The molecule has 1 aromatic heterocycles. The number of carbonyl (C=O) groups is 1. The Morgan fingerprint density at radius 1 is 1.19 bits per heavy atom. The summed E-state index contributed by atoms with van der Waals surface area (Å²) >= 11 is 1.12. The van der Waals surface area contributed by atoms with Crippen LogP contribution in [0.2, 0.25) is 0 Å². The predicted molar refractivity (Wildman–Crippen MR) is 119 cm³/mol. The lowest BCUT2D eigenvalue weighted by Gasteiger charge is -2.20. The second-order valence-corrected chi connectivity index (χ2v) is 9.57. The minimum atomic E-state index is -3.66. The molecule has 8 nitrogen and oxygen atoms in total. The van der Waals surface area contributed by atoms with Gasteiger partial charge in [0, 0.05) is 14.1 Å². The fourth-order valence-electron chi connectivity index (χ4n) is 2.96. The van der Waals surface area contributed by atoms with Crippen molar-refractivity contribution in [1.29, 1.82) is 10.5 Å². The molecule has 0 amide bonds. The third-order valence-electron chi connectivity index (χ3n) is 4.28. The third-order valence-corrected chi connectivity index (χ3v) is 6.13. The number of hydrogen-bond donors (Lipinski definition) is 0. The smallest absolute Gasteiger partial charge is 0.306 e. The van der Waals surface area contributed by atoms with Gasteiger partial charge < -0.3 is 9.08 Å². The zero-order valence-corrected chi connectivity index (χ0v) is 19.5. The number of pyridine rings is 1. The number of carbonyl (C=O) groups excluding carboxylic acids is 1. The molecule has 1 heterocycles. The molecule has 0 fully saturated rings. The molecule has 0 bridgehead atoms. The van der Waals surface area contributed by atoms with Gasteiger partial charge in [-0.3, -0.25) is 4.79 Å². The van der Waals surface area contributed by atoms with Crippen LogP contribution in [0.4, 0.5) is 5.82 Å². The monoisotopic (exact) mass is 458 g/mol. The second-order valence-electron chi connectivity index (χ2n) is 6.91. The molecule has 0 aliphatic heterocycles. The molecule has 10 heteroatoms. The van der Waals surface area contributed by atoms with Crippen molar-refractivity contribution < 1.29 is 17.4 Å². The van der Waals surface area contributed by atoms with Crippen LogP contribution < -0.4 is 9.08 Å². The summed E-state index contributed by atoms with van der Waals surface area (Å²) in [6.45, 7) is 3.29. The summed E-state index contributed by atoms with van der Waals surface area (Å²) < 4.78 is 27.4. The van der Waals surface area contributed by atoms with Crippen molar-refractivity contribution in [3.8, 4) is 17.9 Å². The first-order chi connectivity index (χ1) is 14.5. The molecule has 0 aliphatic rings. The summed E-state index contributed by atoms with van der Waals surface area (Å²) in [4.78, 5) is 18.7. The highest BCUT2D eigenvalue weighted by Crippen LogP contribution is 2.40. The van der Waals surface area contributed by atoms with Crippen LogP contribution in [0.5, 0.6) is 5.75 Å². The molecular formula is C21H22N4O4S2. The molecule has 31 heavy (non-hydrogen) atoms. The summed E-state index contributed by atoms with van der Waals surface area (Å²) in [6.07, 6.45) is 1.41. The van der Waals surface area contributed by atoms with E-state index in [0.29, 0.717) is 34.0 Å². The summed E-state index contributed by atoms with van der Waals surface area (Å²) in [5, 5.41) is 19.0. The van der Waals surface area contributed by atoms with Gasteiger partial charge in [-0.2, -0.15) is 18.9 Å². The van der Waals surface area contributed by atoms with Crippen LogP contribution in [0.1, 0.15) is 41.4 Å². The predicted octanol–water partition coefficient (Wildman–Crippen LogP) is 3.21. The van der Waals surface area contributed by atoms with Crippen LogP contribution in [0.25, 0.3) is 0 Å². The van der Waals surface area contributed by atoms with Crippen LogP contribution >= 0.6 is 11.8 Å². The average Bonchev–Trinajstić information content (AvgIpc) is 2.69. The molecule has 0 spiro atoms. The van der Waals surface area contributed by atoms with Crippen molar-refractivity contribution in [3.63, 3.8) is 0 Å². The lowest BCUT2D eigenvalue weighted by atomic mass is 10.0. The fraction of sp³-hybridized carbons (Fsp3) is 0.333. The van der Waals surface area contributed by atoms with Gasteiger partial charge in [-0.25, -0.2) is 4.98 Å². The van der Waals surface area contributed by atoms with Gasteiger partial charge in [-0.15, -0.1) is 0 Å². The second kappa shape index (κ2) is 9.82. The summed E-state index contributed by atoms with van der Waals surface area (Å²) in [7, 11) is -0.149. The third kappa shape index (κ3) is 5.75. The topological polar surface area (TPSA) is 124 Å². The van der Waals surface area contributed by atoms with E-state index >= 15 is 0 Å². The largest absolute Gasteiger partial charge is 0.383 e. The number of nitrogens with zero attached hydrogens (tertiary/aromatic N) is 4. The van der Waals surface area contributed by atoms with Crippen LogP contribution in [0.3, 0.4) is 0 Å². The van der Waals surface area contributed by atoms with E-state index in [0.717, 1.165) is 18.0 Å². The van der Waals surface area contributed by atoms with E-state index in [-0.39, 0.29) is 17.1 Å². The number of aromatic nitrogens is 1. The van der Waals surface area contributed by atoms with Crippen LogP contribution in [0, 0.1) is 22.7 Å². The first kappa shape index (κ1) is 24.2. The quantitative estimate of drug-likeness (QED) is 0.433. The van der Waals surface area contributed by atoms with E-state index in [1.807, 2.05) is 6.92 Å². The Kier molecular flexibility index (Phi) is 7.66. The number of anilines is 1. The van der Waals surface area contributed by atoms with Gasteiger partial charge in [0.05, 0.1) is 22.6 Å². The zero-order chi connectivity index (χ0) is 23.3. The number of rotatable bonds is 8. The maximum Gasteiger partial charge on any atom is 0.306 e. The number of Topliss-reactive ketones (excluding diaryl/α,β-unsaturated/α-hetero) is 1. The Morgan fingerprint density at radius 3 is 2.19 bits per heavy atom. The summed E-state index contributed by atoms with van der Waals surface area (Å²) in [5.41, 5.74) is 1.82. The molecule has 1 atom stereocenters. The Labute approximate surface area is 186 Å². The standard InChI is InChI=1S/C21H22N4O4S2/c1-6-16-17(11-22)20(25(3)4)24-21(18(16)12-23)30-19(13(2)26)14-7-9-15(10-8-14)29-31(5,27)28/h7-10,19H,6H2,1-5H3. The van der Waals surface area contributed by atoms with Gasteiger partial charge in [0.15, 0.2) is 0 Å². The lowest BCUT2D eigenvalue weighted by Crippen LogP contribution is -2.16. The summed E-state index contributed by atoms with van der Waals surface area (Å²) in [5.74, 6) is 0.400. The molecule has 2 rings (SSSR count). The van der Waals surface area contributed by atoms with Crippen LogP contribution in [-0.2, 0) is 21.3 Å². The van der Waals surface area contributed by atoms with E-state index in [9.17, 15) is 23.7 Å². The van der Waals surface area contributed by atoms with Gasteiger partial charge in [-0.05, 0) is 36.6 Å². The van der Waals surface area contributed by atoms with E-state index in [2.05, 4.69) is 17.1 Å². The number of nitriles is 2. The highest BCUT2D eigenvalue weighted by molar-refractivity contribution is 8.00. The average molecular weight is 459 g/mol. The first-order valence-corrected chi connectivity index (χ1v) is 11.9. The van der Waals surface area contributed by atoms with Gasteiger partial charge in [0.2, 0.25) is 0 Å². The molecule has 162 valence electrons. The van der Waals surface area contributed by atoms with Crippen molar-refractivity contribution in [1.82, 2.24) is 4.98 Å². The first-order valence-electron chi connectivity index (χ1n) is 9.23. The van der Waals surface area contributed by atoms with Gasteiger partial charge in [-0.1, -0.05) is 30.8 Å². The minimum Gasteiger partial charge on any atom is -0.383 e. The molecule has 1 unspecified atom stereocenters. The van der Waals surface area contributed by atoms with E-state index < -0.39 is 15.4 Å². The normalized spacial score (nSPS) is 11.8. The molecule has 0 saturated carbocycles. The number of benzene rings is 1. The molecule has 0 aliphatic carbocycles. The van der Waals surface area contributed by atoms with Crippen LogP contribution in [-0.4, -0.2) is 39.5 Å². The summed E-state index contributed by atoms with van der Waals surface area (Å²) in [6, 6.07) is 10.4. The molecule has 0 saturated heterocycles. The highest BCUT2D eigenvalue weighted by atomic mass is 32.2. The Morgan fingerprint density at radius 2 is 1.77 bits per heavy atom. The van der Waals surface area contributed by atoms with Gasteiger partial charge in [0.25, 0.3) is 0 Å². The number of hydrogen-bond acceptors (Lipinski definition) is 9. The highest BCUT2D eigenvalue weighted by Gasteiger charge is 2.25. The lowest BCUT2D eigenvalue weighted by molar-refractivity contribution is -0.116. The Bertz CT molecular complexity index is 1180. The fourth-order valence-corrected chi connectivity index (χ4v) is 4.53. The van der Waals surface area contributed by atoms with Gasteiger partial charge in [0.1, 0.15) is 34.5 Å². The Balaban J connectivity index is 2.55. The van der Waals surface area contributed by atoms with Crippen molar-refractivity contribution in [2.75, 3.05) is 25.3 Å². The van der Waals surface area contributed by atoms with Crippen molar-refractivity contribution >= 4 is 33.5 Å². The van der Waals surface area contributed by atoms with E-state index in [4.69, 9.17) is 4.18 Å². The SMILES string of the molecule is CCc1c(C#N)c(SC(C(C)=O)c2ccc(OS(C)(=O)=O)cc2)nc(N(C)C)c1C#N. The molecule has 2 aromatic rings. The maximum absolute atomic E-state index is 12.4. The molecular weight excluding hydrogens is 436 g/mol. The van der Waals surface area contributed by atoms with Crippen LogP contribution in [0.15, 0.2) is 29.3 Å². The van der Waals surface area contributed by atoms with E-state index in [1.54, 1.807) is 31.1 Å². The molecule has 0 N–H and O–H groups in total. The molecule has 1 aromatic carbocycles. The maximum atomic E-state index is 12.4. The zero-order valence-electron chi connectivity index (χ0n) is 17.8. The van der Waals surface area contributed by atoms with Crippen molar-refractivity contribution in [2.24, 2.45) is 0 Å². The van der Waals surface area contributed by atoms with Crippen molar-refractivity contribution in [2.45, 2.75) is 30.5 Å². The number of ketones is 1. The number of thioether (sulfide) groups is 1. The van der Waals surface area contributed by atoms with Gasteiger partial charge >= 0.3 is 10.1 Å². The Hall–Kier alpha value is -3.08. The molecule has 0 radical (unpaired) electrons. The van der Waals surface area contributed by atoms with Crippen molar-refractivity contribution in [3.05, 3.63) is 46.5 Å². The minimum absolute atomic E-state index is 0.135.